The molecule has 2 rings (SSSR count). The van der Waals surface area contributed by atoms with Crippen LogP contribution in [0.1, 0.15) is 23.7 Å². The molecule has 0 aliphatic rings. The third-order valence-corrected chi connectivity index (χ3v) is 3.79. The van der Waals surface area contributed by atoms with Gasteiger partial charge in [-0.05, 0) is 41.8 Å². The molecule has 0 aliphatic carbocycles. The number of nitrogens with one attached hydrogen (secondary N) is 1. The van der Waals surface area contributed by atoms with Crippen LogP contribution in [0, 0.1) is 5.82 Å². The SMILES string of the molecule is COc1ccc(CCC(=O)NC[C@@H](OC)c2cccc(F)c2)cc1. The highest BCUT2D eigenvalue weighted by molar-refractivity contribution is 5.76. The third-order valence-electron chi connectivity index (χ3n) is 3.79. The van der Waals surface area contributed by atoms with Crippen LogP contribution in [-0.4, -0.2) is 26.7 Å². The molecule has 1 N–H and O–H groups in total. The zero-order valence-corrected chi connectivity index (χ0v) is 13.9. The molecule has 4 nitrogen and oxygen atoms in total. The molecule has 0 saturated heterocycles. The van der Waals surface area contributed by atoms with Gasteiger partial charge in [-0.15, -0.1) is 0 Å². The van der Waals surface area contributed by atoms with E-state index in [9.17, 15) is 9.18 Å². The number of halogens is 1. The van der Waals surface area contributed by atoms with E-state index < -0.39 is 0 Å². The molecule has 0 heterocycles. The topological polar surface area (TPSA) is 47.6 Å². The van der Waals surface area contributed by atoms with E-state index in [0.717, 1.165) is 11.3 Å². The van der Waals surface area contributed by atoms with E-state index >= 15 is 0 Å². The second-order valence-electron chi connectivity index (χ2n) is 5.43. The Bertz CT molecular complexity index is 658. The Hall–Kier alpha value is -2.40. The minimum Gasteiger partial charge on any atom is -0.497 e. The van der Waals surface area contributed by atoms with E-state index in [4.69, 9.17) is 9.47 Å². The van der Waals surface area contributed by atoms with Crippen molar-refractivity contribution in [3.8, 4) is 5.75 Å². The molecular formula is C19H22FNO3. The second kappa shape index (κ2) is 9.03. The van der Waals surface area contributed by atoms with E-state index in [1.54, 1.807) is 26.4 Å². The lowest BCUT2D eigenvalue weighted by atomic mass is 10.1. The molecule has 0 unspecified atom stereocenters. The van der Waals surface area contributed by atoms with Crippen molar-refractivity contribution in [3.05, 3.63) is 65.5 Å². The number of carbonyl (C=O) groups is 1. The van der Waals surface area contributed by atoms with Crippen molar-refractivity contribution in [2.45, 2.75) is 18.9 Å². The Labute approximate surface area is 141 Å². The highest BCUT2D eigenvalue weighted by Gasteiger charge is 2.12. The highest BCUT2D eigenvalue weighted by atomic mass is 19.1. The van der Waals surface area contributed by atoms with Gasteiger partial charge in [-0.3, -0.25) is 4.79 Å². The van der Waals surface area contributed by atoms with Gasteiger partial charge >= 0.3 is 0 Å². The van der Waals surface area contributed by atoms with Crippen LogP contribution in [0.25, 0.3) is 0 Å². The lowest BCUT2D eigenvalue weighted by Crippen LogP contribution is -2.29. The van der Waals surface area contributed by atoms with E-state index in [1.807, 2.05) is 24.3 Å². The van der Waals surface area contributed by atoms with E-state index in [-0.39, 0.29) is 17.8 Å². The average molecular weight is 331 g/mol. The molecule has 0 bridgehead atoms. The van der Waals surface area contributed by atoms with Gasteiger partial charge < -0.3 is 14.8 Å². The van der Waals surface area contributed by atoms with Gasteiger partial charge in [-0.2, -0.15) is 0 Å². The molecule has 24 heavy (non-hydrogen) atoms. The zero-order valence-electron chi connectivity index (χ0n) is 13.9. The normalized spacial score (nSPS) is 11.8. The fourth-order valence-electron chi connectivity index (χ4n) is 2.39. The standard InChI is InChI=1S/C19H22FNO3/c1-23-17-9-6-14(7-10-17)8-11-19(22)21-13-18(24-2)15-4-3-5-16(20)12-15/h3-7,9-10,12,18H,8,11,13H2,1-2H3,(H,21,22)/t18-/m1/s1. The number of amides is 1. The quantitative estimate of drug-likeness (QED) is 0.807. The number of carbonyl (C=O) groups excluding carboxylic acids is 1. The van der Waals surface area contributed by atoms with Gasteiger partial charge in [0.05, 0.1) is 13.2 Å². The summed E-state index contributed by atoms with van der Waals surface area (Å²) in [6, 6.07) is 13.8. The maximum atomic E-state index is 13.3. The summed E-state index contributed by atoms with van der Waals surface area (Å²) in [4.78, 5) is 12.0. The smallest absolute Gasteiger partial charge is 0.220 e. The summed E-state index contributed by atoms with van der Waals surface area (Å²) in [6.45, 7) is 0.307. The van der Waals surface area contributed by atoms with Crippen LogP contribution in [0.15, 0.2) is 48.5 Å². The summed E-state index contributed by atoms with van der Waals surface area (Å²) in [7, 11) is 3.16. The summed E-state index contributed by atoms with van der Waals surface area (Å²) >= 11 is 0. The van der Waals surface area contributed by atoms with E-state index in [1.165, 1.54) is 12.1 Å². The zero-order chi connectivity index (χ0) is 17.4. The first-order valence-electron chi connectivity index (χ1n) is 7.80. The second-order valence-corrected chi connectivity index (χ2v) is 5.43. The predicted octanol–water partition coefficient (Wildman–Crippen LogP) is 3.27. The maximum Gasteiger partial charge on any atom is 0.220 e. The largest absolute Gasteiger partial charge is 0.497 e. The predicted molar refractivity (Wildman–Crippen MR) is 90.5 cm³/mol. The summed E-state index contributed by atoms with van der Waals surface area (Å²) in [5.41, 5.74) is 1.77. The molecule has 0 aromatic heterocycles. The molecule has 128 valence electrons. The molecule has 1 atom stereocenters. The fraction of sp³-hybridized carbons (Fsp3) is 0.316. The minimum atomic E-state index is -0.370. The van der Waals surface area contributed by atoms with Gasteiger partial charge in [0, 0.05) is 20.1 Å². The molecule has 2 aromatic rings. The van der Waals surface area contributed by atoms with Crippen LogP contribution >= 0.6 is 0 Å². The van der Waals surface area contributed by atoms with Gasteiger partial charge in [-0.25, -0.2) is 4.39 Å². The summed E-state index contributed by atoms with van der Waals surface area (Å²) < 4.78 is 23.7. The van der Waals surface area contributed by atoms with Crippen molar-refractivity contribution < 1.29 is 18.7 Å². The monoisotopic (exact) mass is 331 g/mol. The van der Waals surface area contributed by atoms with Crippen molar-refractivity contribution in [3.63, 3.8) is 0 Å². The van der Waals surface area contributed by atoms with Crippen molar-refractivity contribution in [1.29, 1.82) is 0 Å². The van der Waals surface area contributed by atoms with Crippen molar-refractivity contribution in [2.24, 2.45) is 0 Å². The summed E-state index contributed by atoms with van der Waals surface area (Å²) in [5, 5.41) is 2.83. The lowest BCUT2D eigenvalue weighted by Gasteiger charge is -2.16. The van der Waals surface area contributed by atoms with Crippen LogP contribution in [-0.2, 0) is 16.0 Å². The van der Waals surface area contributed by atoms with Gasteiger partial charge in [0.15, 0.2) is 0 Å². The van der Waals surface area contributed by atoms with E-state index in [0.29, 0.717) is 24.9 Å². The maximum absolute atomic E-state index is 13.3. The number of benzene rings is 2. The molecule has 2 aromatic carbocycles. The summed E-state index contributed by atoms with van der Waals surface area (Å²) in [5.74, 6) is 0.408. The van der Waals surface area contributed by atoms with Gasteiger partial charge in [0.1, 0.15) is 11.6 Å². The fourth-order valence-corrected chi connectivity index (χ4v) is 2.39. The third kappa shape index (κ3) is 5.35. The first kappa shape index (κ1) is 17.9. The number of ether oxygens (including phenoxy) is 2. The minimum absolute atomic E-state index is 0.0655. The summed E-state index contributed by atoms with van der Waals surface area (Å²) in [6.07, 6.45) is 0.657. The number of aryl methyl sites for hydroxylation is 1. The Morgan fingerprint density at radius 3 is 2.54 bits per heavy atom. The number of rotatable bonds is 8. The molecule has 1 amide bonds. The Morgan fingerprint density at radius 1 is 1.17 bits per heavy atom. The van der Waals surface area contributed by atoms with Crippen molar-refractivity contribution in [1.82, 2.24) is 5.32 Å². The molecular weight excluding hydrogens is 309 g/mol. The number of hydrogen-bond donors (Lipinski definition) is 1. The molecule has 0 saturated carbocycles. The molecule has 5 heteroatoms. The molecule has 0 spiro atoms. The molecule has 0 aliphatic heterocycles. The lowest BCUT2D eigenvalue weighted by molar-refractivity contribution is -0.121. The van der Waals surface area contributed by atoms with Crippen LogP contribution in [0.2, 0.25) is 0 Å². The van der Waals surface area contributed by atoms with Crippen LogP contribution in [0.5, 0.6) is 5.75 Å². The van der Waals surface area contributed by atoms with Gasteiger partial charge in [0.2, 0.25) is 5.91 Å². The first-order valence-corrected chi connectivity index (χ1v) is 7.80. The average Bonchev–Trinajstić information content (AvgIpc) is 2.61. The van der Waals surface area contributed by atoms with Gasteiger partial charge in [-0.1, -0.05) is 24.3 Å². The van der Waals surface area contributed by atoms with Crippen LogP contribution < -0.4 is 10.1 Å². The van der Waals surface area contributed by atoms with Crippen LogP contribution in [0.4, 0.5) is 4.39 Å². The van der Waals surface area contributed by atoms with Gasteiger partial charge in [0.25, 0.3) is 0 Å². The Balaban J connectivity index is 1.80. The Kier molecular flexibility index (Phi) is 6.75. The Morgan fingerprint density at radius 2 is 1.92 bits per heavy atom. The van der Waals surface area contributed by atoms with E-state index in [2.05, 4.69) is 5.32 Å². The number of hydrogen-bond acceptors (Lipinski definition) is 3. The number of methoxy groups -OCH3 is 2. The van der Waals surface area contributed by atoms with Crippen LogP contribution in [0.3, 0.4) is 0 Å². The highest BCUT2D eigenvalue weighted by Crippen LogP contribution is 2.17. The van der Waals surface area contributed by atoms with Crippen molar-refractivity contribution in [2.75, 3.05) is 20.8 Å². The van der Waals surface area contributed by atoms with Crippen molar-refractivity contribution >= 4 is 5.91 Å². The molecule has 0 radical (unpaired) electrons. The first-order chi connectivity index (χ1) is 11.6. The molecule has 0 fully saturated rings.